The SMILES string of the molecule is C[C@H](CC(=O)O)CC(=O)c1c(CCCCOCc2cccc(F)c2)n(C)c2ncc(Cl)cc12. The number of rotatable bonds is 12. The summed E-state index contributed by atoms with van der Waals surface area (Å²) in [6.45, 7) is 2.63. The molecule has 0 saturated heterocycles. The minimum atomic E-state index is -0.920. The molecule has 2 aromatic heterocycles. The molecule has 2 heterocycles. The van der Waals surface area contributed by atoms with E-state index in [9.17, 15) is 14.0 Å². The van der Waals surface area contributed by atoms with Crippen molar-refractivity contribution < 1.29 is 23.8 Å². The Morgan fingerprint density at radius 1 is 1.24 bits per heavy atom. The number of carbonyl (C=O) groups is 2. The van der Waals surface area contributed by atoms with Crippen molar-refractivity contribution in [3.05, 3.63) is 64.2 Å². The molecule has 0 fully saturated rings. The first kappa shape index (κ1) is 24.9. The summed E-state index contributed by atoms with van der Waals surface area (Å²) in [5, 5.41) is 10.2. The third-order valence-electron chi connectivity index (χ3n) is 5.56. The molecule has 0 unspecified atom stereocenters. The van der Waals surface area contributed by atoms with Gasteiger partial charge in [0.05, 0.1) is 11.6 Å². The highest BCUT2D eigenvalue weighted by Crippen LogP contribution is 2.30. The van der Waals surface area contributed by atoms with Gasteiger partial charge in [0.15, 0.2) is 5.78 Å². The van der Waals surface area contributed by atoms with Crippen LogP contribution in [-0.4, -0.2) is 33.0 Å². The molecule has 0 aliphatic carbocycles. The first-order valence-electron chi connectivity index (χ1n) is 11.0. The maximum atomic E-state index is 13.3. The Balaban J connectivity index is 1.68. The van der Waals surface area contributed by atoms with Gasteiger partial charge in [-0.15, -0.1) is 0 Å². The molecule has 33 heavy (non-hydrogen) atoms. The van der Waals surface area contributed by atoms with Gasteiger partial charge in [-0.2, -0.15) is 0 Å². The molecular formula is C25H28ClFN2O4. The number of hydrogen-bond acceptors (Lipinski definition) is 4. The number of pyridine rings is 1. The van der Waals surface area contributed by atoms with Gasteiger partial charge in [0.2, 0.25) is 0 Å². The van der Waals surface area contributed by atoms with Crippen LogP contribution in [0.15, 0.2) is 36.5 Å². The molecule has 1 atom stereocenters. The van der Waals surface area contributed by atoms with Crippen LogP contribution in [0.5, 0.6) is 0 Å². The maximum Gasteiger partial charge on any atom is 0.303 e. The van der Waals surface area contributed by atoms with Gasteiger partial charge in [-0.25, -0.2) is 9.37 Å². The van der Waals surface area contributed by atoms with Gasteiger partial charge < -0.3 is 14.4 Å². The summed E-state index contributed by atoms with van der Waals surface area (Å²) in [7, 11) is 1.87. The minimum Gasteiger partial charge on any atom is -0.481 e. The lowest BCUT2D eigenvalue weighted by Crippen LogP contribution is -2.12. The monoisotopic (exact) mass is 474 g/mol. The topological polar surface area (TPSA) is 81.4 Å². The van der Waals surface area contributed by atoms with E-state index in [4.69, 9.17) is 21.4 Å². The molecule has 8 heteroatoms. The number of hydrogen-bond donors (Lipinski definition) is 1. The third kappa shape index (κ3) is 6.62. The van der Waals surface area contributed by atoms with E-state index < -0.39 is 5.97 Å². The number of carbonyl (C=O) groups excluding carboxylic acids is 1. The summed E-state index contributed by atoms with van der Waals surface area (Å²) in [4.78, 5) is 28.6. The fourth-order valence-corrected chi connectivity index (χ4v) is 4.20. The van der Waals surface area contributed by atoms with Crippen molar-refractivity contribution in [3.8, 4) is 0 Å². The molecule has 6 nitrogen and oxygen atoms in total. The number of halogens is 2. The molecule has 176 valence electrons. The minimum absolute atomic E-state index is 0.0620. The number of unbranched alkanes of at least 4 members (excludes halogenated alkanes) is 1. The van der Waals surface area contributed by atoms with Crippen LogP contribution in [0.1, 0.15) is 54.2 Å². The highest BCUT2D eigenvalue weighted by Gasteiger charge is 2.24. The van der Waals surface area contributed by atoms with Crippen LogP contribution < -0.4 is 0 Å². The second-order valence-corrected chi connectivity index (χ2v) is 8.81. The van der Waals surface area contributed by atoms with Crippen molar-refractivity contribution >= 4 is 34.4 Å². The lowest BCUT2D eigenvalue weighted by Gasteiger charge is -2.11. The molecule has 0 saturated carbocycles. The third-order valence-corrected chi connectivity index (χ3v) is 5.77. The Morgan fingerprint density at radius 2 is 2.03 bits per heavy atom. The Morgan fingerprint density at radius 3 is 2.76 bits per heavy atom. The zero-order chi connectivity index (χ0) is 24.0. The summed E-state index contributed by atoms with van der Waals surface area (Å²) in [5.41, 5.74) is 2.89. The van der Waals surface area contributed by atoms with E-state index in [0.717, 1.165) is 24.1 Å². The van der Waals surface area contributed by atoms with Crippen molar-refractivity contribution in [2.45, 2.75) is 45.6 Å². The largest absolute Gasteiger partial charge is 0.481 e. The number of fused-ring (bicyclic) bond motifs is 1. The van der Waals surface area contributed by atoms with Crippen LogP contribution >= 0.6 is 11.6 Å². The van der Waals surface area contributed by atoms with E-state index in [0.29, 0.717) is 41.3 Å². The molecule has 0 amide bonds. The molecule has 0 aliphatic rings. The van der Waals surface area contributed by atoms with Gasteiger partial charge in [0, 0.05) is 49.3 Å². The van der Waals surface area contributed by atoms with Crippen molar-refractivity contribution in [2.75, 3.05) is 6.61 Å². The van der Waals surface area contributed by atoms with Gasteiger partial charge in [0.25, 0.3) is 0 Å². The Hall–Kier alpha value is -2.77. The fourth-order valence-electron chi connectivity index (χ4n) is 4.04. The normalized spacial score (nSPS) is 12.2. The molecule has 0 aliphatic heterocycles. The Labute approximate surface area is 197 Å². The molecule has 1 aromatic carbocycles. The van der Waals surface area contributed by atoms with E-state index in [1.54, 1.807) is 25.3 Å². The molecular weight excluding hydrogens is 447 g/mol. The number of nitrogens with zero attached hydrogens (tertiary/aromatic N) is 2. The van der Waals surface area contributed by atoms with Crippen molar-refractivity contribution in [3.63, 3.8) is 0 Å². The van der Waals surface area contributed by atoms with Crippen LogP contribution in [-0.2, 0) is 29.6 Å². The predicted octanol–water partition coefficient (Wildman–Crippen LogP) is 5.59. The molecule has 0 bridgehead atoms. The number of ether oxygens (including phenoxy) is 1. The van der Waals surface area contributed by atoms with Crippen LogP contribution in [0.25, 0.3) is 11.0 Å². The van der Waals surface area contributed by atoms with Gasteiger partial charge in [-0.3, -0.25) is 9.59 Å². The van der Waals surface area contributed by atoms with Crippen molar-refractivity contribution in [1.29, 1.82) is 0 Å². The van der Waals surface area contributed by atoms with Crippen molar-refractivity contribution in [2.24, 2.45) is 13.0 Å². The lowest BCUT2D eigenvalue weighted by molar-refractivity contribution is -0.137. The van der Waals surface area contributed by atoms with Crippen LogP contribution in [0.2, 0.25) is 5.02 Å². The first-order valence-corrected chi connectivity index (χ1v) is 11.3. The number of aromatic nitrogens is 2. The average molecular weight is 475 g/mol. The average Bonchev–Trinajstić information content (AvgIpc) is 3.01. The number of carboxylic acid groups (broad SMARTS) is 1. The highest BCUT2D eigenvalue weighted by molar-refractivity contribution is 6.31. The summed E-state index contributed by atoms with van der Waals surface area (Å²) in [6, 6.07) is 8.07. The second-order valence-electron chi connectivity index (χ2n) is 8.38. The van der Waals surface area contributed by atoms with E-state index in [1.165, 1.54) is 12.1 Å². The summed E-state index contributed by atoms with van der Waals surface area (Å²) in [6.07, 6.45) is 3.83. The van der Waals surface area contributed by atoms with E-state index in [-0.39, 0.29) is 30.4 Å². The number of benzene rings is 1. The van der Waals surface area contributed by atoms with E-state index in [1.807, 2.05) is 17.7 Å². The smallest absolute Gasteiger partial charge is 0.303 e. The second kappa shape index (κ2) is 11.4. The number of carboxylic acids is 1. The molecule has 3 aromatic rings. The maximum absolute atomic E-state index is 13.3. The van der Waals surface area contributed by atoms with Crippen LogP contribution in [0.4, 0.5) is 4.39 Å². The van der Waals surface area contributed by atoms with Gasteiger partial charge >= 0.3 is 5.97 Å². The van der Waals surface area contributed by atoms with Crippen molar-refractivity contribution in [1.82, 2.24) is 9.55 Å². The quantitative estimate of drug-likeness (QED) is 0.273. The van der Waals surface area contributed by atoms with Gasteiger partial charge in [-0.1, -0.05) is 30.7 Å². The summed E-state index contributed by atoms with van der Waals surface area (Å²) < 4.78 is 20.8. The van der Waals surface area contributed by atoms with Gasteiger partial charge in [0.1, 0.15) is 11.5 Å². The molecule has 1 N–H and O–H groups in total. The number of Topliss-reactive ketones (excluding diaryl/α,β-unsaturated/α-hetero) is 1. The first-order chi connectivity index (χ1) is 15.8. The number of aryl methyl sites for hydroxylation is 1. The van der Waals surface area contributed by atoms with Gasteiger partial charge in [-0.05, 0) is 48.9 Å². The Kier molecular flexibility index (Phi) is 8.58. The highest BCUT2D eigenvalue weighted by atomic mass is 35.5. The molecule has 0 radical (unpaired) electrons. The standard InChI is InChI=1S/C25H28ClFN2O4/c1-16(11-23(31)32)10-22(30)24-20-13-18(26)14-28-25(20)29(2)21(24)8-3-4-9-33-15-17-6-5-7-19(27)12-17/h5-7,12-14,16H,3-4,8-11,15H2,1-2H3,(H,31,32)/t16-/m0/s1. The Bertz CT molecular complexity index is 1140. The van der Waals surface area contributed by atoms with Crippen LogP contribution in [0, 0.1) is 11.7 Å². The van der Waals surface area contributed by atoms with E-state index in [2.05, 4.69) is 4.98 Å². The zero-order valence-corrected chi connectivity index (χ0v) is 19.6. The number of ketones is 1. The number of aliphatic carboxylic acids is 1. The summed E-state index contributed by atoms with van der Waals surface area (Å²) in [5.74, 6) is -1.58. The molecule has 3 rings (SSSR count). The zero-order valence-electron chi connectivity index (χ0n) is 18.8. The fraction of sp³-hybridized carbons (Fsp3) is 0.400. The molecule has 0 spiro atoms. The van der Waals surface area contributed by atoms with Crippen LogP contribution in [0.3, 0.4) is 0 Å². The summed E-state index contributed by atoms with van der Waals surface area (Å²) >= 11 is 6.15. The lowest BCUT2D eigenvalue weighted by atomic mass is 9.94. The predicted molar refractivity (Wildman–Crippen MR) is 125 cm³/mol. The van der Waals surface area contributed by atoms with E-state index >= 15 is 0 Å².